The van der Waals surface area contributed by atoms with E-state index in [1.807, 2.05) is 6.92 Å². The van der Waals surface area contributed by atoms with E-state index in [1.54, 1.807) is 0 Å². The summed E-state index contributed by atoms with van der Waals surface area (Å²) in [4.78, 5) is 3.76. The van der Waals surface area contributed by atoms with Crippen LogP contribution in [0.3, 0.4) is 0 Å². The number of hydrogen-bond acceptors (Lipinski definition) is 3. The quantitative estimate of drug-likeness (QED) is 0.842. The maximum Gasteiger partial charge on any atom is 0.416 e. The number of alkyl halides is 3. The first kappa shape index (κ1) is 13.8. The molecule has 6 heteroatoms. The van der Waals surface area contributed by atoms with Gasteiger partial charge in [-0.15, -0.1) is 0 Å². The Morgan fingerprint density at radius 3 is 2.76 bits per heavy atom. The van der Waals surface area contributed by atoms with Crippen LogP contribution >= 0.6 is 0 Å². The first-order chi connectivity index (χ1) is 7.93. The van der Waals surface area contributed by atoms with Gasteiger partial charge < -0.3 is 10.4 Å². The molecule has 3 nitrogen and oxygen atoms in total. The number of aromatic nitrogens is 1. The van der Waals surface area contributed by atoms with Gasteiger partial charge in [0.15, 0.2) is 0 Å². The Hall–Kier alpha value is -1.30. The van der Waals surface area contributed by atoms with Crippen LogP contribution in [0.1, 0.15) is 25.3 Å². The van der Waals surface area contributed by atoms with Gasteiger partial charge in [-0.05, 0) is 18.6 Å². The van der Waals surface area contributed by atoms with E-state index in [1.165, 1.54) is 0 Å². The molecule has 0 aromatic carbocycles. The molecule has 2 N–H and O–H groups in total. The van der Waals surface area contributed by atoms with Crippen molar-refractivity contribution in [1.82, 2.24) is 4.98 Å². The molecule has 1 aromatic heterocycles. The molecule has 0 aliphatic heterocycles. The van der Waals surface area contributed by atoms with Crippen molar-refractivity contribution in [2.45, 2.75) is 32.0 Å². The van der Waals surface area contributed by atoms with Crippen molar-refractivity contribution in [1.29, 1.82) is 0 Å². The zero-order valence-electron chi connectivity index (χ0n) is 9.46. The molecule has 1 rings (SSSR count). The molecule has 0 spiro atoms. The minimum Gasteiger partial charge on any atom is -0.391 e. The van der Waals surface area contributed by atoms with Crippen molar-refractivity contribution >= 4 is 5.82 Å². The summed E-state index contributed by atoms with van der Waals surface area (Å²) < 4.78 is 37.1. The summed E-state index contributed by atoms with van der Waals surface area (Å²) in [6, 6.07) is 1.84. The molecule has 0 bridgehead atoms. The standard InChI is InChI=1S/C11H15F3N2O/c1-2-3-9(17)7-16-10-6-8(4-5-15-10)11(12,13)14/h4-6,9,17H,2-3,7H2,1H3,(H,15,16). The van der Waals surface area contributed by atoms with Gasteiger partial charge in [0.05, 0.1) is 11.7 Å². The lowest BCUT2D eigenvalue weighted by atomic mass is 10.2. The molecule has 1 unspecified atom stereocenters. The zero-order chi connectivity index (χ0) is 12.9. The number of nitrogens with one attached hydrogen (secondary N) is 1. The minimum atomic E-state index is -4.37. The van der Waals surface area contributed by atoms with Gasteiger partial charge in [0.1, 0.15) is 5.82 Å². The normalized spacial score (nSPS) is 13.5. The number of rotatable bonds is 5. The molecule has 1 atom stereocenters. The van der Waals surface area contributed by atoms with E-state index in [2.05, 4.69) is 10.3 Å². The number of hydrogen-bond donors (Lipinski definition) is 2. The van der Waals surface area contributed by atoms with E-state index in [-0.39, 0.29) is 12.4 Å². The fraction of sp³-hybridized carbons (Fsp3) is 0.545. The number of nitrogens with zero attached hydrogens (tertiary/aromatic N) is 1. The summed E-state index contributed by atoms with van der Waals surface area (Å²) in [6.45, 7) is 2.12. The molecule has 1 heterocycles. The van der Waals surface area contributed by atoms with Crippen LogP contribution in [-0.2, 0) is 6.18 Å². The highest BCUT2D eigenvalue weighted by molar-refractivity contribution is 5.38. The van der Waals surface area contributed by atoms with Crippen LogP contribution in [0.2, 0.25) is 0 Å². The summed E-state index contributed by atoms with van der Waals surface area (Å²) in [5.74, 6) is 0.120. The lowest BCUT2D eigenvalue weighted by molar-refractivity contribution is -0.137. The smallest absolute Gasteiger partial charge is 0.391 e. The summed E-state index contributed by atoms with van der Waals surface area (Å²) in [5.41, 5.74) is -0.750. The van der Waals surface area contributed by atoms with Crippen LogP contribution in [0.4, 0.5) is 19.0 Å². The van der Waals surface area contributed by atoms with E-state index in [0.29, 0.717) is 6.42 Å². The summed E-state index contributed by atoms with van der Waals surface area (Å²) >= 11 is 0. The van der Waals surface area contributed by atoms with Crippen LogP contribution in [0.5, 0.6) is 0 Å². The highest BCUT2D eigenvalue weighted by Gasteiger charge is 2.30. The molecule has 0 saturated carbocycles. The molecule has 1 aromatic rings. The van der Waals surface area contributed by atoms with E-state index in [4.69, 9.17) is 0 Å². The van der Waals surface area contributed by atoms with Gasteiger partial charge in [0, 0.05) is 12.7 Å². The molecule has 17 heavy (non-hydrogen) atoms. The predicted molar refractivity (Wildman–Crippen MR) is 58.6 cm³/mol. The molecule has 0 saturated heterocycles. The third-order valence-corrected chi connectivity index (χ3v) is 2.23. The Morgan fingerprint density at radius 1 is 1.47 bits per heavy atom. The first-order valence-corrected chi connectivity index (χ1v) is 5.38. The molecule has 0 radical (unpaired) electrons. The highest BCUT2D eigenvalue weighted by atomic mass is 19.4. The van der Waals surface area contributed by atoms with Crippen molar-refractivity contribution in [3.8, 4) is 0 Å². The second-order valence-corrected chi connectivity index (χ2v) is 3.75. The summed E-state index contributed by atoms with van der Waals surface area (Å²) in [7, 11) is 0. The fourth-order valence-electron chi connectivity index (χ4n) is 1.36. The van der Waals surface area contributed by atoms with Crippen LogP contribution < -0.4 is 5.32 Å². The van der Waals surface area contributed by atoms with Crippen molar-refractivity contribution in [3.05, 3.63) is 23.9 Å². The van der Waals surface area contributed by atoms with Crippen molar-refractivity contribution in [2.75, 3.05) is 11.9 Å². The molecular weight excluding hydrogens is 233 g/mol. The number of halogens is 3. The summed E-state index contributed by atoms with van der Waals surface area (Å²) in [6.07, 6.45) is -2.43. The van der Waals surface area contributed by atoms with Gasteiger partial charge in [-0.3, -0.25) is 0 Å². The Morgan fingerprint density at radius 2 is 2.18 bits per heavy atom. The molecular formula is C11H15F3N2O. The Labute approximate surface area is 97.7 Å². The second kappa shape index (κ2) is 5.86. The average molecular weight is 248 g/mol. The van der Waals surface area contributed by atoms with Gasteiger partial charge >= 0.3 is 6.18 Å². The minimum absolute atomic E-state index is 0.120. The lowest BCUT2D eigenvalue weighted by Crippen LogP contribution is -2.19. The van der Waals surface area contributed by atoms with Gasteiger partial charge in [-0.25, -0.2) is 4.98 Å². The monoisotopic (exact) mass is 248 g/mol. The maximum atomic E-state index is 12.4. The number of anilines is 1. The van der Waals surface area contributed by atoms with Crippen molar-refractivity contribution < 1.29 is 18.3 Å². The third kappa shape index (κ3) is 4.60. The zero-order valence-corrected chi connectivity index (χ0v) is 9.46. The van der Waals surface area contributed by atoms with E-state index in [0.717, 1.165) is 24.8 Å². The van der Waals surface area contributed by atoms with Crippen LogP contribution in [0.25, 0.3) is 0 Å². The third-order valence-electron chi connectivity index (χ3n) is 2.23. The van der Waals surface area contributed by atoms with Crippen LogP contribution in [0, 0.1) is 0 Å². The summed E-state index contributed by atoms with van der Waals surface area (Å²) in [5, 5.41) is 12.1. The van der Waals surface area contributed by atoms with Crippen LogP contribution in [0.15, 0.2) is 18.3 Å². The van der Waals surface area contributed by atoms with Crippen LogP contribution in [-0.4, -0.2) is 22.7 Å². The number of aliphatic hydroxyl groups is 1. The molecule has 0 amide bonds. The van der Waals surface area contributed by atoms with Crippen molar-refractivity contribution in [3.63, 3.8) is 0 Å². The average Bonchev–Trinajstić information content (AvgIpc) is 2.26. The molecule has 0 fully saturated rings. The topological polar surface area (TPSA) is 45.1 Å². The van der Waals surface area contributed by atoms with Gasteiger partial charge in [0.2, 0.25) is 0 Å². The fourth-order valence-corrected chi connectivity index (χ4v) is 1.36. The Kier molecular flexibility index (Phi) is 4.74. The number of aliphatic hydroxyl groups excluding tert-OH is 1. The van der Waals surface area contributed by atoms with Gasteiger partial charge in [0.25, 0.3) is 0 Å². The Balaban J connectivity index is 2.60. The highest BCUT2D eigenvalue weighted by Crippen LogP contribution is 2.29. The first-order valence-electron chi connectivity index (χ1n) is 5.38. The molecule has 0 aliphatic rings. The molecule has 0 aliphatic carbocycles. The lowest BCUT2D eigenvalue weighted by Gasteiger charge is -2.12. The van der Waals surface area contributed by atoms with Crippen molar-refractivity contribution in [2.24, 2.45) is 0 Å². The maximum absolute atomic E-state index is 12.4. The predicted octanol–water partition coefficient (Wildman–Crippen LogP) is 2.67. The molecule has 96 valence electrons. The number of pyridine rings is 1. The Bertz CT molecular complexity index is 355. The van der Waals surface area contributed by atoms with E-state index in [9.17, 15) is 18.3 Å². The van der Waals surface area contributed by atoms with E-state index < -0.39 is 17.8 Å². The van der Waals surface area contributed by atoms with Gasteiger partial charge in [-0.2, -0.15) is 13.2 Å². The largest absolute Gasteiger partial charge is 0.416 e. The SMILES string of the molecule is CCCC(O)CNc1cc(C(F)(F)F)ccn1. The van der Waals surface area contributed by atoms with Gasteiger partial charge in [-0.1, -0.05) is 13.3 Å². The second-order valence-electron chi connectivity index (χ2n) is 3.75. The van der Waals surface area contributed by atoms with E-state index >= 15 is 0 Å².